The molecular formula is C39H34BrF6N3O7S. The van der Waals surface area contributed by atoms with Gasteiger partial charge in [-0.15, -0.1) is 37.7 Å². The van der Waals surface area contributed by atoms with Gasteiger partial charge >= 0.3 is 18.7 Å². The van der Waals surface area contributed by atoms with Crippen molar-refractivity contribution < 1.29 is 59.5 Å². The minimum atomic E-state index is -4.86. The number of benzene rings is 3. The van der Waals surface area contributed by atoms with Gasteiger partial charge < -0.3 is 28.4 Å². The van der Waals surface area contributed by atoms with Gasteiger partial charge in [0.2, 0.25) is 0 Å². The van der Waals surface area contributed by atoms with Crippen molar-refractivity contribution in [3.63, 3.8) is 0 Å². The molecule has 3 heterocycles. The van der Waals surface area contributed by atoms with Crippen molar-refractivity contribution in [2.45, 2.75) is 71.1 Å². The minimum Gasteiger partial charge on any atom is -0.489 e. The number of nitrogens with zero attached hydrogens (tertiary/aromatic N) is 3. The fourth-order valence-electron chi connectivity index (χ4n) is 5.61. The predicted molar refractivity (Wildman–Crippen MR) is 202 cm³/mol. The first-order valence-electron chi connectivity index (χ1n) is 17.0. The first kappa shape index (κ1) is 42.8. The number of aromatic carboxylic acids is 1. The summed E-state index contributed by atoms with van der Waals surface area (Å²) in [5, 5.41) is 18.1. The highest BCUT2D eigenvalue weighted by Gasteiger charge is 2.34. The monoisotopic (exact) mass is 881 g/mol. The van der Waals surface area contributed by atoms with E-state index in [9.17, 15) is 31.1 Å². The Bertz CT molecular complexity index is 2320. The Kier molecular flexibility index (Phi) is 13.4. The minimum absolute atomic E-state index is 0.00804. The Labute approximate surface area is 334 Å². The molecule has 0 atom stereocenters. The normalized spacial score (nSPS) is 11.8. The summed E-state index contributed by atoms with van der Waals surface area (Å²) >= 11 is 4.40. The first-order chi connectivity index (χ1) is 26.9. The molecule has 0 radical (unpaired) electrons. The lowest BCUT2D eigenvalue weighted by Gasteiger charge is -2.14. The number of para-hydroxylation sites is 2. The third-order valence-corrected chi connectivity index (χ3v) is 9.66. The number of carbonyl (C=O) groups is 1. The van der Waals surface area contributed by atoms with Gasteiger partial charge in [-0.25, -0.2) is 9.78 Å². The Balaban J connectivity index is 0.000000251. The van der Waals surface area contributed by atoms with Crippen molar-refractivity contribution >= 4 is 33.2 Å². The van der Waals surface area contributed by atoms with Crippen molar-refractivity contribution in [1.82, 2.24) is 15.3 Å². The summed E-state index contributed by atoms with van der Waals surface area (Å²) in [4.78, 5) is 15.5. The fourth-order valence-corrected chi connectivity index (χ4v) is 7.00. The maximum absolute atomic E-state index is 13.0. The Hall–Kier alpha value is -5.36. The fraction of sp³-hybridized carbons (Fsp3) is 0.282. The molecule has 302 valence electrons. The molecule has 3 aromatic carbocycles. The molecule has 3 aromatic heterocycles. The summed E-state index contributed by atoms with van der Waals surface area (Å²) in [5.74, 6) is -0.104. The summed E-state index contributed by atoms with van der Waals surface area (Å²) in [6, 6.07) is 16.9. The van der Waals surface area contributed by atoms with E-state index in [0.717, 1.165) is 28.0 Å². The zero-order valence-corrected chi connectivity index (χ0v) is 33.2. The molecule has 0 bridgehead atoms. The van der Waals surface area contributed by atoms with Crippen molar-refractivity contribution in [2.75, 3.05) is 0 Å². The van der Waals surface area contributed by atoms with E-state index in [1.54, 1.807) is 30.3 Å². The second-order valence-corrected chi connectivity index (χ2v) is 14.5. The van der Waals surface area contributed by atoms with Crippen molar-refractivity contribution in [3.8, 4) is 50.3 Å². The third-order valence-electron chi connectivity index (χ3n) is 8.08. The third kappa shape index (κ3) is 10.7. The molecule has 0 aliphatic heterocycles. The maximum Gasteiger partial charge on any atom is 0.573 e. The number of hydrogen-bond donors (Lipinski definition) is 1. The van der Waals surface area contributed by atoms with Gasteiger partial charge in [-0.3, -0.25) is 0 Å². The summed E-state index contributed by atoms with van der Waals surface area (Å²) in [7, 11) is 0. The number of aryl methyl sites for hydroxylation is 1. The molecule has 57 heavy (non-hydrogen) atoms. The number of rotatable bonds is 12. The summed E-state index contributed by atoms with van der Waals surface area (Å²) in [5.41, 5.74) is 3.77. The van der Waals surface area contributed by atoms with E-state index in [0.29, 0.717) is 38.9 Å². The SMILES string of the molecule is CC(C)c1onc(-c2ccccc2OC(F)(F)F)c1CBr.Cc1cc(OCc2c(-c3ccccc3OC(F)(F)F)noc2C(C)C)ccc1-c1ncc(C(=O)O)s1. The first-order valence-corrected chi connectivity index (χ1v) is 19.0. The molecule has 0 amide bonds. The van der Waals surface area contributed by atoms with Crippen molar-refractivity contribution in [1.29, 1.82) is 0 Å². The molecule has 0 fully saturated rings. The van der Waals surface area contributed by atoms with Gasteiger partial charge in [0.15, 0.2) is 0 Å². The van der Waals surface area contributed by atoms with Crippen LogP contribution in [-0.2, 0) is 11.9 Å². The highest BCUT2D eigenvalue weighted by molar-refractivity contribution is 9.08. The molecule has 18 heteroatoms. The smallest absolute Gasteiger partial charge is 0.489 e. The number of halogens is 7. The van der Waals surface area contributed by atoms with Crippen LogP contribution >= 0.6 is 27.3 Å². The Morgan fingerprint density at radius 2 is 1.30 bits per heavy atom. The van der Waals surface area contributed by atoms with Gasteiger partial charge in [-0.2, -0.15) is 0 Å². The second kappa shape index (κ2) is 17.8. The molecule has 0 aliphatic carbocycles. The zero-order valence-electron chi connectivity index (χ0n) is 30.8. The van der Waals surface area contributed by atoms with Crippen LogP contribution in [0.2, 0.25) is 0 Å². The molecule has 6 rings (SSSR count). The number of hydrogen-bond acceptors (Lipinski definition) is 10. The standard InChI is InChI=1S/C25H21F3N2O5S.C14H13BrF3NO2/c1-13(2)22-18(21(30-35-22)17-6-4-5-7-19(17)34-25(26,27)28)12-33-15-8-9-16(14(3)10-15)23-29-11-20(36-23)24(31)32;1-8(2)13-10(7-15)12(19-21-13)9-5-3-4-6-11(9)20-14(16,17)18/h4-11,13H,12H2,1-3H3,(H,31,32);3-6,8H,7H2,1-2H3. The van der Waals surface area contributed by atoms with E-state index < -0.39 is 18.7 Å². The van der Waals surface area contributed by atoms with E-state index in [1.807, 2.05) is 34.6 Å². The summed E-state index contributed by atoms with van der Waals surface area (Å²) in [6.45, 7) is 9.45. The number of ether oxygens (including phenoxy) is 3. The maximum atomic E-state index is 13.0. The zero-order chi connectivity index (χ0) is 41.7. The lowest BCUT2D eigenvalue weighted by molar-refractivity contribution is -0.275. The molecule has 0 saturated heterocycles. The quantitative estimate of drug-likeness (QED) is 0.0936. The van der Waals surface area contributed by atoms with Crippen LogP contribution in [0.4, 0.5) is 26.3 Å². The van der Waals surface area contributed by atoms with Crippen molar-refractivity contribution in [3.05, 3.63) is 106 Å². The van der Waals surface area contributed by atoms with E-state index in [2.05, 4.69) is 40.7 Å². The molecule has 6 aromatic rings. The van der Waals surface area contributed by atoms with Crippen LogP contribution in [0.15, 0.2) is 82.0 Å². The van der Waals surface area contributed by atoms with Gasteiger partial charge in [0.05, 0.1) is 11.8 Å². The molecule has 0 unspecified atom stereocenters. The van der Waals surface area contributed by atoms with Crippen LogP contribution in [0.25, 0.3) is 33.1 Å². The van der Waals surface area contributed by atoms with Crippen molar-refractivity contribution in [2.24, 2.45) is 0 Å². The lowest BCUT2D eigenvalue weighted by Crippen LogP contribution is -2.17. The number of carboxylic acid groups (broad SMARTS) is 1. The number of thiazole rings is 1. The molecule has 0 aliphatic rings. The number of carboxylic acids is 1. The molecule has 0 saturated carbocycles. The average molecular weight is 883 g/mol. The van der Waals surface area contributed by atoms with E-state index in [-0.39, 0.29) is 51.6 Å². The molecular weight excluding hydrogens is 848 g/mol. The predicted octanol–water partition coefficient (Wildman–Crippen LogP) is 12.3. The average Bonchev–Trinajstić information content (AvgIpc) is 3.89. The summed E-state index contributed by atoms with van der Waals surface area (Å²) in [6.07, 6.45) is -8.30. The Morgan fingerprint density at radius 3 is 1.75 bits per heavy atom. The van der Waals surface area contributed by atoms with E-state index in [1.165, 1.54) is 42.6 Å². The van der Waals surface area contributed by atoms with Gasteiger partial charge in [-0.1, -0.05) is 78.2 Å². The molecule has 0 spiro atoms. The largest absolute Gasteiger partial charge is 0.573 e. The van der Waals surface area contributed by atoms with E-state index >= 15 is 0 Å². The second-order valence-electron chi connectivity index (χ2n) is 12.9. The van der Waals surface area contributed by atoms with Gasteiger partial charge in [0.1, 0.15) is 56.6 Å². The van der Waals surface area contributed by atoms with E-state index in [4.69, 9.17) is 18.9 Å². The van der Waals surface area contributed by atoms with Gasteiger partial charge in [0, 0.05) is 39.4 Å². The van der Waals surface area contributed by atoms with Crippen LogP contribution in [0.3, 0.4) is 0 Å². The van der Waals surface area contributed by atoms with Crippen LogP contribution in [0.1, 0.15) is 77.4 Å². The van der Waals surface area contributed by atoms with Crippen LogP contribution in [0, 0.1) is 6.92 Å². The number of aromatic nitrogens is 3. The number of alkyl halides is 7. The highest BCUT2D eigenvalue weighted by atomic mass is 79.9. The summed E-state index contributed by atoms with van der Waals surface area (Å²) < 4.78 is 101. The highest BCUT2D eigenvalue weighted by Crippen LogP contribution is 2.40. The van der Waals surface area contributed by atoms with Crippen LogP contribution in [-0.4, -0.2) is 39.1 Å². The Morgan fingerprint density at radius 1 is 0.789 bits per heavy atom. The topological polar surface area (TPSA) is 130 Å². The van der Waals surface area contributed by atoms with Gasteiger partial charge in [0.25, 0.3) is 0 Å². The molecule has 1 N–H and O–H groups in total. The van der Waals surface area contributed by atoms with Crippen LogP contribution < -0.4 is 14.2 Å². The van der Waals surface area contributed by atoms with Gasteiger partial charge in [-0.05, 0) is 55.0 Å². The lowest BCUT2D eigenvalue weighted by atomic mass is 10.0. The molecule has 10 nitrogen and oxygen atoms in total. The van der Waals surface area contributed by atoms with Crippen LogP contribution in [0.5, 0.6) is 17.2 Å².